The number of hydrogen-bond acceptors (Lipinski definition) is 7. The van der Waals surface area contributed by atoms with Crippen molar-refractivity contribution in [3.8, 4) is 11.1 Å². The van der Waals surface area contributed by atoms with Crippen molar-refractivity contribution in [2.24, 2.45) is 0 Å². The van der Waals surface area contributed by atoms with Crippen LogP contribution < -0.4 is 9.80 Å². The lowest BCUT2D eigenvalue weighted by Crippen LogP contribution is -2.38. The fraction of sp³-hybridized carbons (Fsp3) is 0.400. The summed E-state index contributed by atoms with van der Waals surface area (Å²) in [6.45, 7) is 2.71. The summed E-state index contributed by atoms with van der Waals surface area (Å²) in [5.41, 5.74) is 2.02. The Bertz CT molecular complexity index is 1130. The highest BCUT2D eigenvalue weighted by Gasteiger charge is 2.34. The second-order valence-corrected chi connectivity index (χ2v) is 10.7. The molecule has 10 nitrogen and oxygen atoms in total. The molecule has 0 spiro atoms. The Morgan fingerprint density at radius 1 is 1.30 bits per heavy atom. The average Bonchev–Trinajstić information content (AvgIpc) is 3.13. The molecule has 13 heteroatoms. The van der Waals surface area contributed by atoms with E-state index < -0.39 is 43.2 Å². The number of aryl methyl sites for hydroxylation is 1. The third-order valence-corrected chi connectivity index (χ3v) is 7.17. The quantitative estimate of drug-likeness (QED) is 0.575. The molecule has 2 aromatic rings. The number of halogens is 1. The Labute approximate surface area is 192 Å². The van der Waals surface area contributed by atoms with Crippen LogP contribution in [0.4, 0.5) is 20.7 Å². The maximum atomic E-state index is 15.0. The zero-order chi connectivity index (χ0) is 23.8. The Balaban J connectivity index is 1.49. The number of hydrogen-bond donors (Lipinski definition) is 2. The number of carbonyl (C=O) groups is 1. The van der Waals surface area contributed by atoms with E-state index in [0.717, 1.165) is 11.4 Å². The van der Waals surface area contributed by atoms with Crippen molar-refractivity contribution in [3.63, 3.8) is 0 Å². The number of amides is 1. The molecule has 0 unspecified atom stereocenters. The normalized spacial score (nSPS) is 19.8. The fourth-order valence-corrected chi connectivity index (χ4v) is 5.21. The maximum absolute atomic E-state index is 15.0. The average molecular weight is 499 g/mol. The minimum atomic E-state index is -4.69. The molecule has 4 rings (SSSR count). The Hall–Kier alpha value is -2.37. The number of pyridine rings is 1. The molecule has 178 valence electrons. The Morgan fingerprint density at radius 3 is 2.67 bits per heavy atom. The van der Waals surface area contributed by atoms with E-state index >= 15 is 0 Å². The van der Waals surface area contributed by atoms with Gasteiger partial charge in [0.1, 0.15) is 17.7 Å². The number of carbonyl (C=O) groups excluding carboxylic acids is 1. The molecule has 2 aliphatic heterocycles. The summed E-state index contributed by atoms with van der Waals surface area (Å²) in [5.74, 6) is 1.43. The molecule has 0 bridgehead atoms. The molecule has 0 saturated carbocycles. The van der Waals surface area contributed by atoms with Gasteiger partial charge in [0.15, 0.2) is 0 Å². The van der Waals surface area contributed by atoms with Crippen LogP contribution in [0.15, 0.2) is 30.5 Å². The van der Waals surface area contributed by atoms with Crippen molar-refractivity contribution < 1.29 is 37.0 Å². The van der Waals surface area contributed by atoms with Crippen LogP contribution in [0.5, 0.6) is 0 Å². The van der Waals surface area contributed by atoms with Gasteiger partial charge >= 0.3 is 13.9 Å². The van der Waals surface area contributed by atoms with Crippen LogP contribution in [0.2, 0.25) is 0 Å². The van der Waals surface area contributed by atoms with Crippen LogP contribution in [0.25, 0.3) is 11.1 Å². The molecule has 1 aromatic carbocycles. The van der Waals surface area contributed by atoms with Gasteiger partial charge in [-0.3, -0.25) is 13.6 Å². The third kappa shape index (κ3) is 5.59. The summed E-state index contributed by atoms with van der Waals surface area (Å²) in [7, 11) is -5.48. The monoisotopic (exact) mass is 499 g/mol. The van der Waals surface area contributed by atoms with Crippen molar-refractivity contribution >= 4 is 36.2 Å². The minimum Gasteiger partial charge on any atom is -0.441 e. The van der Waals surface area contributed by atoms with Gasteiger partial charge in [-0.05, 0) is 36.8 Å². The van der Waals surface area contributed by atoms with E-state index in [4.69, 9.17) is 14.5 Å². The van der Waals surface area contributed by atoms with Gasteiger partial charge in [-0.2, -0.15) is 0 Å². The van der Waals surface area contributed by atoms with E-state index in [1.54, 1.807) is 12.3 Å². The molecular weight excluding hydrogens is 476 g/mol. The maximum Gasteiger partial charge on any atom is 0.469 e. The first-order valence-corrected chi connectivity index (χ1v) is 13.2. The molecule has 2 N–H and O–H groups in total. The molecule has 2 aliphatic rings. The predicted octanol–water partition coefficient (Wildman–Crippen LogP) is 2.20. The fourth-order valence-electron chi connectivity index (χ4n) is 3.80. The second kappa shape index (κ2) is 9.47. The first kappa shape index (κ1) is 23.8. The molecule has 2 saturated heterocycles. The number of anilines is 2. The van der Waals surface area contributed by atoms with Gasteiger partial charge < -0.3 is 19.4 Å². The zero-order valence-corrected chi connectivity index (χ0v) is 19.4. The molecule has 1 amide bonds. The van der Waals surface area contributed by atoms with Crippen LogP contribution in [-0.2, 0) is 24.6 Å². The highest BCUT2D eigenvalue weighted by molar-refractivity contribution is 7.85. The van der Waals surface area contributed by atoms with Crippen LogP contribution >= 0.6 is 7.82 Å². The number of rotatable bonds is 6. The summed E-state index contributed by atoms with van der Waals surface area (Å²) in [4.78, 5) is 37.5. The van der Waals surface area contributed by atoms with Crippen molar-refractivity contribution in [1.29, 1.82) is 0 Å². The van der Waals surface area contributed by atoms with Gasteiger partial charge in [0.25, 0.3) is 0 Å². The van der Waals surface area contributed by atoms with E-state index in [0.29, 0.717) is 35.7 Å². The SMILES string of the molecule is Cc1cc(-c2ccc(N3C[C@H](COP(=O)(O)O)OC3=O)cc2F)cnc1N1CCS(=O)CC1. The molecular formula is C20H23FN3O7PS. The summed E-state index contributed by atoms with van der Waals surface area (Å²) in [6.07, 6.45) is -0.0591. The summed E-state index contributed by atoms with van der Waals surface area (Å²) in [5, 5.41) is 0. The number of benzene rings is 1. The zero-order valence-electron chi connectivity index (χ0n) is 17.7. The summed E-state index contributed by atoms with van der Waals surface area (Å²) in [6, 6.07) is 6.14. The number of aromatic nitrogens is 1. The summed E-state index contributed by atoms with van der Waals surface area (Å²) < 4.78 is 46.8. The molecule has 1 atom stereocenters. The van der Waals surface area contributed by atoms with Gasteiger partial charge in [0.2, 0.25) is 0 Å². The first-order chi connectivity index (χ1) is 15.6. The molecule has 1 aromatic heterocycles. The van der Waals surface area contributed by atoms with Gasteiger partial charge in [0, 0.05) is 52.7 Å². The highest BCUT2D eigenvalue weighted by Crippen LogP contribution is 2.37. The lowest BCUT2D eigenvalue weighted by molar-refractivity contribution is 0.0880. The molecule has 2 fully saturated rings. The Morgan fingerprint density at radius 2 is 2.03 bits per heavy atom. The lowest BCUT2D eigenvalue weighted by atomic mass is 10.0. The van der Waals surface area contributed by atoms with Crippen molar-refractivity contribution in [2.45, 2.75) is 13.0 Å². The van der Waals surface area contributed by atoms with Crippen molar-refractivity contribution in [2.75, 3.05) is 47.5 Å². The predicted molar refractivity (Wildman–Crippen MR) is 120 cm³/mol. The van der Waals surface area contributed by atoms with Crippen LogP contribution in [0.1, 0.15) is 5.56 Å². The smallest absolute Gasteiger partial charge is 0.441 e. The standard InChI is InChI=1S/C20H23FN3O7PS/c1-13-8-14(10-22-19(13)23-4-6-33(29)7-5-23)17-3-2-15(9-18(17)21)24-11-16(31-20(24)25)12-30-32(26,27)28/h2-3,8-10,16H,4-7,11-12H2,1H3,(H2,26,27,28)/t16-/m1/s1. The number of cyclic esters (lactones) is 1. The molecule has 0 aliphatic carbocycles. The first-order valence-electron chi connectivity index (χ1n) is 10.2. The van der Waals surface area contributed by atoms with Gasteiger partial charge in [-0.15, -0.1) is 0 Å². The number of phosphoric ester groups is 1. The number of ether oxygens (including phenoxy) is 1. The van der Waals surface area contributed by atoms with Gasteiger partial charge in [0.05, 0.1) is 18.8 Å². The molecule has 3 heterocycles. The summed E-state index contributed by atoms with van der Waals surface area (Å²) >= 11 is 0. The topological polar surface area (TPSA) is 130 Å². The highest BCUT2D eigenvalue weighted by atomic mass is 32.2. The van der Waals surface area contributed by atoms with Gasteiger partial charge in [-0.25, -0.2) is 18.7 Å². The second-order valence-electron chi connectivity index (χ2n) is 7.77. The third-order valence-electron chi connectivity index (χ3n) is 5.41. The van der Waals surface area contributed by atoms with Gasteiger partial charge in [-0.1, -0.05) is 0 Å². The largest absolute Gasteiger partial charge is 0.469 e. The van der Waals surface area contributed by atoms with Crippen molar-refractivity contribution in [3.05, 3.63) is 41.8 Å². The van der Waals surface area contributed by atoms with Crippen molar-refractivity contribution in [1.82, 2.24) is 4.98 Å². The van der Waals surface area contributed by atoms with Crippen LogP contribution in [0.3, 0.4) is 0 Å². The number of phosphoric acid groups is 1. The number of nitrogens with zero attached hydrogens (tertiary/aromatic N) is 3. The van der Waals surface area contributed by atoms with E-state index in [1.807, 2.05) is 13.0 Å². The van der Waals surface area contributed by atoms with Crippen LogP contribution in [0, 0.1) is 12.7 Å². The Kier molecular flexibility index (Phi) is 6.83. The van der Waals surface area contributed by atoms with E-state index in [1.165, 1.54) is 17.0 Å². The van der Waals surface area contributed by atoms with Crippen LogP contribution in [-0.4, -0.2) is 68.9 Å². The van der Waals surface area contributed by atoms with E-state index in [-0.39, 0.29) is 12.2 Å². The lowest BCUT2D eigenvalue weighted by Gasteiger charge is -2.28. The molecule has 0 radical (unpaired) electrons. The molecule has 33 heavy (non-hydrogen) atoms. The minimum absolute atomic E-state index is 0.0341. The van der Waals surface area contributed by atoms with E-state index in [9.17, 15) is 18.0 Å². The van der Waals surface area contributed by atoms with E-state index in [2.05, 4.69) is 14.4 Å².